The Bertz CT molecular complexity index is 577. The maximum Gasteiger partial charge on any atom is 0.117 e. The van der Waals surface area contributed by atoms with Crippen LogP contribution in [-0.4, -0.2) is 14.7 Å². The van der Waals surface area contributed by atoms with Crippen LogP contribution in [0.25, 0.3) is 0 Å². The summed E-state index contributed by atoms with van der Waals surface area (Å²) < 4.78 is 4.03. The second-order valence-electron chi connectivity index (χ2n) is 5.49. The lowest BCUT2D eigenvalue weighted by atomic mass is 9.77. The van der Waals surface area contributed by atoms with Crippen molar-refractivity contribution in [2.75, 3.05) is 0 Å². The van der Waals surface area contributed by atoms with E-state index >= 15 is 0 Å². The van der Waals surface area contributed by atoms with Crippen molar-refractivity contribution < 1.29 is 5.11 Å². The first kappa shape index (κ1) is 13.7. The van der Waals surface area contributed by atoms with E-state index in [-0.39, 0.29) is 0 Å². The molecule has 1 heterocycles. The van der Waals surface area contributed by atoms with Crippen molar-refractivity contribution >= 4 is 11.5 Å². The molecule has 3 rings (SSSR count). The molecule has 1 unspecified atom stereocenters. The number of aliphatic hydroxyl groups excluding tert-OH is 1. The minimum Gasteiger partial charge on any atom is -0.383 e. The molecule has 1 aliphatic carbocycles. The molecule has 1 fully saturated rings. The molecule has 0 saturated heterocycles. The summed E-state index contributed by atoms with van der Waals surface area (Å²) in [6.07, 6.45) is 5.12. The summed E-state index contributed by atoms with van der Waals surface area (Å²) in [4.78, 5) is 0.915. The monoisotopic (exact) mass is 288 g/mol. The van der Waals surface area contributed by atoms with Gasteiger partial charge in [-0.1, -0.05) is 48.5 Å². The Morgan fingerprint density at radius 2 is 2.15 bits per heavy atom. The number of aryl methyl sites for hydroxylation is 1. The van der Waals surface area contributed by atoms with Gasteiger partial charge in [-0.25, -0.2) is 0 Å². The number of rotatable bonds is 5. The van der Waals surface area contributed by atoms with E-state index in [1.165, 1.54) is 36.4 Å². The normalized spacial score (nSPS) is 16.9. The molecule has 0 aliphatic heterocycles. The van der Waals surface area contributed by atoms with Gasteiger partial charge in [-0.2, -0.15) is 0 Å². The van der Waals surface area contributed by atoms with Gasteiger partial charge in [0.25, 0.3) is 0 Å². The van der Waals surface area contributed by atoms with Gasteiger partial charge < -0.3 is 5.11 Å². The molecular formula is C16H20N2OS. The van der Waals surface area contributed by atoms with Crippen molar-refractivity contribution in [2.24, 2.45) is 0 Å². The second-order valence-corrected chi connectivity index (χ2v) is 6.28. The number of benzene rings is 1. The van der Waals surface area contributed by atoms with Gasteiger partial charge in [0.2, 0.25) is 0 Å². The molecular weight excluding hydrogens is 268 g/mol. The second kappa shape index (κ2) is 6.02. The van der Waals surface area contributed by atoms with Gasteiger partial charge in [0, 0.05) is 0 Å². The van der Waals surface area contributed by atoms with Gasteiger partial charge >= 0.3 is 0 Å². The van der Waals surface area contributed by atoms with Crippen LogP contribution >= 0.6 is 11.5 Å². The van der Waals surface area contributed by atoms with E-state index in [0.717, 1.165) is 29.0 Å². The summed E-state index contributed by atoms with van der Waals surface area (Å²) in [6, 6.07) is 8.29. The molecule has 0 spiro atoms. The summed E-state index contributed by atoms with van der Waals surface area (Å²) in [5.74, 6) is 0.622. The number of hydrogen-bond acceptors (Lipinski definition) is 4. The molecule has 1 saturated carbocycles. The first-order valence-corrected chi connectivity index (χ1v) is 8.16. The van der Waals surface area contributed by atoms with Crippen molar-refractivity contribution in [1.29, 1.82) is 0 Å². The van der Waals surface area contributed by atoms with E-state index in [1.54, 1.807) is 0 Å². The molecule has 1 aromatic heterocycles. The van der Waals surface area contributed by atoms with Crippen LogP contribution in [0.5, 0.6) is 0 Å². The van der Waals surface area contributed by atoms with Gasteiger partial charge in [-0.15, -0.1) is 5.10 Å². The van der Waals surface area contributed by atoms with E-state index in [0.29, 0.717) is 5.92 Å². The fraction of sp³-hybridized carbons (Fsp3) is 0.500. The average molecular weight is 288 g/mol. The molecule has 2 aromatic rings. The molecule has 0 amide bonds. The summed E-state index contributed by atoms with van der Waals surface area (Å²) >= 11 is 1.33. The standard InChI is InChI=1S/C16H20N2OS/c1-2-6-14-16(20-18-17-14)15(19)13-10-4-3-9-12(13)11-7-5-8-11/h3-4,9-11,15,19H,2,5-8H2,1H3. The van der Waals surface area contributed by atoms with E-state index in [2.05, 4.69) is 28.6 Å². The van der Waals surface area contributed by atoms with Crippen LogP contribution in [0.1, 0.15) is 66.3 Å². The van der Waals surface area contributed by atoms with Crippen LogP contribution < -0.4 is 0 Å². The third-order valence-electron chi connectivity index (χ3n) is 4.16. The largest absolute Gasteiger partial charge is 0.383 e. The zero-order valence-electron chi connectivity index (χ0n) is 11.7. The Morgan fingerprint density at radius 1 is 1.35 bits per heavy atom. The molecule has 1 atom stereocenters. The smallest absolute Gasteiger partial charge is 0.117 e. The first-order valence-electron chi connectivity index (χ1n) is 7.39. The predicted octanol–water partition coefficient (Wildman–Crippen LogP) is 3.84. The van der Waals surface area contributed by atoms with E-state index in [9.17, 15) is 5.11 Å². The topological polar surface area (TPSA) is 46.0 Å². The summed E-state index contributed by atoms with van der Waals surface area (Å²) in [6.45, 7) is 2.12. The molecule has 0 bridgehead atoms. The number of nitrogens with zero attached hydrogens (tertiary/aromatic N) is 2. The summed E-state index contributed by atoms with van der Waals surface area (Å²) in [5.41, 5.74) is 3.30. The SMILES string of the molecule is CCCc1nnsc1C(O)c1ccccc1C1CCC1. The zero-order valence-corrected chi connectivity index (χ0v) is 12.6. The third kappa shape index (κ3) is 2.50. The Labute approximate surface area is 123 Å². The average Bonchev–Trinajstić information content (AvgIpc) is 2.85. The van der Waals surface area contributed by atoms with Crippen LogP contribution in [0.4, 0.5) is 0 Å². The highest BCUT2D eigenvalue weighted by Crippen LogP contribution is 2.41. The molecule has 4 heteroatoms. The fourth-order valence-corrected chi connectivity index (χ4v) is 3.53. The highest BCUT2D eigenvalue weighted by Gasteiger charge is 2.26. The van der Waals surface area contributed by atoms with Crippen molar-refractivity contribution in [3.05, 3.63) is 46.0 Å². The minimum atomic E-state index is -0.576. The Morgan fingerprint density at radius 3 is 2.85 bits per heavy atom. The lowest BCUT2D eigenvalue weighted by molar-refractivity contribution is 0.219. The van der Waals surface area contributed by atoms with E-state index in [4.69, 9.17) is 0 Å². The molecule has 1 N–H and O–H groups in total. The van der Waals surface area contributed by atoms with Crippen molar-refractivity contribution in [1.82, 2.24) is 9.59 Å². The predicted molar refractivity (Wildman–Crippen MR) is 81.0 cm³/mol. The van der Waals surface area contributed by atoms with Crippen LogP contribution in [0, 0.1) is 0 Å². The molecule has 1 aromatic carbocycles. The third-order valence-corrected chi connectivity index (χ3v) is 4.97. The Kier molecular flexibility index (Phi) is 4.13. The van der Waals surface area contributed by atoms with Crippen LogP contribution in [-0.2, 0) is 6.42 Å². The summed E-state index contributed by atoms with van der Waals surface area (Å²) in [5, 5.41) is 14.9. The maximum absolute atomic E-state index is 10.8. The fourth-order valence-electron chi connectivity index (χ4n) is 2.83. The van der Waals surface area contributed by atoms with Gasteiger partial charge in [0.1, 0.15) is 6.10 Å². The Hall–Kier alpha value is -1.26. The van der Waals surface area contributed by atoms with Crippen molar-refractivity contribution in [3.8, 4) is 0 Å². The molecule has 1 aliphatic rings. The van der Waals surface area contributed by atoms with Crippen LogP contribution in [0.15, 0.2) is 24.3 Å². The van der Waals surface area contributed by atoms with Gasteiger partial charge in [0.05, 0.1) is 10.6 Å². The molecule has 20 heavy (non-hydrogen) atoms. The first-order chi connectivity index (χ1) is 9.81. The molecule has 0 radical (unpaired) electrons. The van der Waals surface area contributed by atoms with Crippen molar-refractivity contribution in [3.63, 3.8) is 0 Å². The van der Waals surface area contributed by atoms with Gasteiger partial charge in [-0.3, -0.25) is 0 Å². The lowest BCUT2D eigenvalue weighted by Gasteiger charge is -2.29. The Balaban J connectivity index is 1.93. The van der Waals surface area contributed by atoms with Crippen LogP contribution in [0.3, 0.4) is 0 Å². The number of aliphatic hydroxyl groups is 1. The summed E-state index contributed by atoms with van der Waals surface area (Å²) in [7, 11) is 0. The van der Waals surface area contributed by atoms with Crippen LogP contribution in [0.2, 0.25) is 0 Å². The highest BCUT2D eigenvalue weighted by molar-refractivity contribution is 7.05. The quantitative estimate of drug-likeness (QED) is 0.909. The highest BCUT2D eigenvalue weighted by atomic mass is 32.1. The molecule has 106 valence electrons. The van der Waals surface area contributed by atoms with Gasteiger partial charge in [0.15, 0.2) is 0 Å². The van der Waals surface area contributed by atoms with E-state index < -0.39 is 6.10 Å². The maximum atomic E-state index is 10.8. The van der Waals surface area contributed by atoms with E-state index in [1.807, 2.05) is 12.1 Å². The lowest BCUT2D eigenvalue weighted by Crippen LogP contribution is -2.13. The number of aromatic nitrogens is 2. The van der Waals surface area contributed by atoms with Gasteiger partial charge in [-0.05, 0) is 47.8 Å². The van der Waals surface area contributed by atoms with Crippen molar-refractivity contribution in [2.45, 2.75) is 51.0 Å². The molecule has 3 nitrogen and oxygen atoms in total. The minimum absolute atomic E-state index is 0.576. The zero-order chi connectivity index (χ0) is 13.9. The number of hydrogen-bond donors (Lipinski definition) is 1.